The fraction of sp³-hybridized carbons (Fsp3) is 0.222. The molecule has 1 aromatic heterocycles. The van der Waals surface area contributed by atoms with Gasteiger partial charge in [-0.25, -0.2) is 0 Å². The summed E-state index contributed by atoms with van der Waals surface area (Å²) in [5.74, 6) is -0.456. The number of nitrogens with two attached hydrogens (primary N) is 1. The smallest absolute Gasteiger partial charge is 0.426 e. The maximum Gasteiger partial charge on any atom is 0.466 e. The highest BCUT2D eigenvalue weighted by atomic mass is 32.1. The summed E-state index contributed by atoms with van der Waals surface area (Å²) in [7, 11) is -1.44. The maximum absolute atomic E-state index is 10.9. The Kier molecular flexibility index (Phi) is 2.22. The van der Waals surface area contributed by atoms with Crippen molar-refractivity contribution >= 4 is 36.5 Å². The van der Waals surface area contributed by atoms with Crippen molar-refractivity contribution in [1.29, 1.82) is 0 Å². The van der Waals surface area contributed by atoms with E-state index in [1.165, 1.54) is 11.3 Å². The predicted octanol–water partition coefficient (Wildman–Crippen LogP) is -1.35. The second kappa shape index (κ2) is 3.20. The van der Waals surface area contributed by atoms with Crippen LogP contribution in [0, 0.1) is 0 Å². The topological polar surface area (TPSA) is 83.6 Å². The molecule has 0 bridgehead atoms. The van der Waals surface area contributed by atoms with Crippen LogP contribution in [0.1, 0.15) is 16.6 Å². The predicted molar refractivity (Wildman–Crippen MR) is 59.6 cm³/mol. The molecule has 0 aliphatic heterocycles. The van der Waals surface area contributed by atoms with Crippen molar-refractivity contribution in [3.05, 3.63) is 20.7 Å². The Balaban J connectivity index is 2.53. The summed E-state index contributed by atoms with van der Waals surface area (Å²) >= 11 is 1.27. The quantitative estimate of drug-likeness (QED) is 0.542. The number of thiophene rings is 1. The first kappa shape index (κ1) is 10.4. The Morgan fingerprint density at radius 2 is 2.20 bits per heavy atom. The summed E-state index contributed by atoms with van der Waals surface area (Å²) in [5, 5.41) is 18.4. The van der Waals surface area contributed by atoms with Crippen LogP contribution in [0.15, 0.2) is 6.07 Å². The number of primary amides is 1. The van der Waals surface area contributed by atoms with Gasteiger partial charge in [0.1, 0.15) is 0 Å². The van der Waals surface area contributed by atoms with Crippen LogP contribution in [0.25, 0.3) is 12.2 Å². The molecule has 2 rings (SSSR count). The van der Waals surface area contributed by atoms with Gasteiger partial charge in [0, 0.05) is 9.85 Å². The normalized spacial score (nSPS) is 22.9. The second-order valence-corrected chi connectivity index (χ2v) is 4.91. The van der Waals surface area contributed by atoms with Crippen LogP contribution in [0.3, 0.4) is 0 Å². The molecule has 1 aliphatic carbocycles. The third-order valence-corrected chi connectivity index (χ3v) is 3.61. The zero-order valence-electron chi connectivity index (χ0n) is 8.10. The van der Waals surface area contributed by atoms with Gasteiger partial charge in [-0.05, 0) is 11.3 Å². The number of amides is 1. The molecular formula is C9H10BNO3S. The van der Waals surface area contributed by atoms with Gasteiger partial charge in [-0.2, -0.15) is 0 Å². The van der Waals surface area contributed by atoms with Gasteiger partial charge in [-0.3, -0.25) is 4.79 Å². The van der Waals surface area contributed by atoms with Gasteiger partial charge < -0.3 is 15.8 Å². The second-order valence-electron chi connectivity index (χ2n) is 3.82. The van der Waals surface area contributed by atoms with E-state index < -0.39 is 18.3 Å². The summed E-state index contributed by atoms with van der Waals surface area (Å²) in [6, 6.07) is 1.67. The lowest BCUT2D eigenvalue weighted by atomic mass is 9.60. The monoisotopic (exact) mass is 223 g/mol. The van der Waals surface area contributed by atoms with E-state index in [1.807, 2.05) is 0 Å². The molecule has 0 fully saturated rings. The Morgan fingerprint density at radius 1 is 1.53 bits per heavy atom. The molecule has 0 radical (unpaired) electrons. The van der Waals surface area contributed by atoms with Crippen LogP contribution in [0.5, 0.6) is 0 Å². The van der Waals surface area contributed by atoms with Gasteiger partial charge in [0.05, 0.1) is 4.88 Å². The molecule has 0 aromatic carbocycles. The molecule has 78 valence electrons. The number of fused-ring (bicyclic) bond motifs is 1. The Labute approximate surface area is 90.5 Å². The molecule has 0 saturated heterocycles. The lowest BCUT2D eigenvalue weighted by Gasteiger charge is -2.16. The molecule has 1 amide bonds. The molecule has 4 nitrogen and oxygen atoms in total. The summed E-state index contributed by atoms with van der Waals surface area (Å²) in [6.07, 6.45) is 3.47. The van der Waals surface area contributed by atoms with E-state index in [2.05, 4.69) is 0 Å². The Bertz CT molecular complexity index is 501. The van der Waals surface area contributed by atoms with Crippen molar-refractivity contribution in [2.75, 3.05) is 0 Å². The lowest BCUT2D eigenvalue weighted by molar-refractivity contribution is 0.100. The molecule has 1 aliphatic rings. The van der Waals surface area contributed by atoms with E-state index in [0.29, 0.717) is 4.88 Å². The fourth-order valence-corrected chi connectivity index (χ4v) is 2.65. The standard InChI is InChI=1S/C9H10BNO3S/c1-9(10(13)14)3-5-2-6(8(11)12)15-7(5)4-9/h2-4,13-14H,1H3,(H2,11,12). The number of carbonyl (C=O) groups excluding carboxylic acids is 1. The van der Waals surface area contributed by atoms with Crippen LogP contribution in [0.4, 0.5) is 0 Å². The van der Waals surface area contributed by atoms with Gasteiger partial charge in [0.15, 0.2) is 0 Å². The third-order valence-electron chi connectivity index (χ3n) is 2.50. The van der Waals surface area contributed by atoms with E-state index in [0.717, 1.165) is 9.75 Å². The summed E-state index contributed by atoms with van der Waals surface area (Å²) in [4.78, 5) is 11.4. The molecule has 4 N–H and O–H groups in total. The number of carbonyl (C=O) groups is 1. The number of hydrogen-bond acceptors (Lipinski definition) is 4. The van der Waals surface area contributed by atoms with E-state index in [-0.39, 0.29) is 0 Å². The van der Waals surface area contributed by atoms with Crippen molar-refractivity contribution in [3.8, 4) is 0 Å². The molecule has 1 heterocycles. The zero-order chi connectivity index (χ0) is 11.2. The van der Waals surface area contributed by atoms with Gasteiger partial charge in [0.25, 0.3) is 5.91 Å². The van der Waals surface area contributed by atoms with Gasteiger partial charge in [-0.15, -0.1) is 11.3 Å². The minimum absolute atomic E-state index is 0.456. The molecule has 0 saturated carbocycles. The van der Waals surface area contributed by atoms with Gasteiger partial charge in [-0.1, -0.05) is 19.1 Å². The molecule has 15 heavy (non-hydrogen) atoms. The van der Waals surface area contributed by atoms with E-state index in [4.69, 9.17) is 5.73 Å². The van der Waals surface area contributed by atoms with E-state index in [9.17, 15) is 14.8 Å². The van der Waals surface area contributed by atoms with Crippen molar-refractivity contribution in [2.45, 2.75) is 12.2 Å². The van der Waals surface area contributed by atoms with Crippen LogP contribution < -0.4 is 15.5 Å². The first-order valence-electron chi connectivity index (χ1n) is 4.44. The average Bonchev–Trinajstić information content (AvgIpc) is 2.59. The third kappa shape index (κ3) is 1.60. The van der Waals surface area contributed by atoms with Crippen molar-refractivity contribution < 1.29 is 14.8 Å². The highest BCUT2D eigenvalue weighted by Gasteiger charge is 2.35. The van der Waals surface area contributed by atoms with Crippen molar-refractivity contribution in [3.63, 3.8) is 0 Å². The summed E-state index contributed by atoms with van der Waals surface area (Å²) < 4.78 is 0.861. The lowest BCUT2D eigenvalue weighted by Crippen LogP contribution is -2.25. The average molecular weight is 223 g/mol. The molecule has 1 aromatic rings. The first-order valence-corrected chi connectivity index (χ1v) is 5.25. The highest BCUT2D eigenvalue weighted by Crippen LogP contribution is 2.33. The zero-order valence-corrected chi connectivity index (χ0v) is 8.91. The van der Waals surface area contributed by atoms with Crippen molar-refractivity contribution in [1.82, 2.24) is 0 Å². The molecule has 1 atom stereocenters. The Hall–Kier alpha value is -1.11. The van der Waals surface area contributed by atoms with E-state index >= 15 is 0 Å². The fourth-order valence-electron chi connectivity index (χ4n) is 1.57. The molecular weight excluding hydrogens is 213 g/mol. The number of hydrogen-bond donors (Lipinski definition) is 3. The van der Waals surface area contributed by atoms with Crippen molar-refractivity contribution in [2.24, 2.45) is 5.73 Å². The van der Waals surface area contributed by atoms with Gasteiger partial charge >= 0.3 is 7.12 Å². The van der Waals surface area contributed by atoms with Crippen LogP contribution in [-0.2, 0) is 0 Å². The summed E-state index contributed by atoms with van der Waals surface area (Å²) in [5.41, 5.74) is 5.15. The van der Waals surface area contributed by atoms with Crippen LogP contribution >= 0.6 is 11.3 Å². The SMILES string of the molecule is CC1(B(O)O)C=c2cc(C(N)=O)sc2=C1. The summed E-state index contributed by atoms with van der Waals surface area (Å²) in [6.45, 7) is 1.72. The largest absolute Gasteiger partial charge is 0.466 e. The van der Waals surface area contributed by atoms with Gasteiger partial charge in [0.2, 0.25) is 0 Å². The minimum Gasteiger partial charge on any atom is -0.426 e. The maximum atomic E-state index is 10.9. The van der Waals surface area contributed by atoms with Crippen LogP contribution in [0.2, 0.25) is 5.31 Å². The first-order chi connectivity index (χ1) is 6.92. The molecule has 1 unspecified atom stereocenters. The Morgan fingerprint density at radius 3 is 2.67 bits per heavy atom. The van der Waals surface area contributed by atoms with Crippen LogP contribution in [-0.4, -0.2) is 23.1 Å². The molecule has 0 spiro atoms. The molecule has 6 heteroatoms. The number of rotatable bonds is 2. The van der Waals surface area contributed by atoms with E-state index in [1.54, 1.807) is 25.1 Å². The highest BCUT2D eigenvalue weighted by molar-refractivity contribution is 7.12. The minimum atomic E-state index is -1.44.